The van der Waals surface area contributed by atoms with Crippen molar-refractivity contribution >= 4 is 16.7 Å². The van der Waals surface area contributed by atoms with Crippen molar-refractivity contribution in [2.45, 2.75) is 19.3 Å². The van der Waals surface area contributed by atoms with E-state index in [9.17, 15) is 4.79 Å². The lowest BCUT2D eigenvalue weighted by atomic mass is 9.94. The van der Waals surface area contributed by atoms with Crippen LogP contribution in [0.3, 0.4) is 0 Å². The minimum absolute atomic E-state index is 0.330. The van der Waals surface area contributed by atoms with Crippen molar-refractivity contribution in [2.24, 2.45) is 0 Å². The third kappa shape index (κ3) is 1.24. The number of benzene rings is 1. The average molecular weight is 215 g/mol. The van der Waals surface area contributed by atoms with E-state index in [2.05, 4.69) is 4.98 Å². The van der Waals surface area contributed by atoms with E-state index in [-0.39, 0.29) is 0 Å². The highest BCUT2D eigenvalue weighted by Gasteiger charge is 2.21. The van der Waals surface area contributed by atoms with Gasteiger partial charge in [0.15, 0.2) is 0 Å². The fourth-order valence-corrected chi connectivity index (χ4v) is 2.44. The van der Waals surface area contributed by atoms with Crippen LogP contribution in [0.15, 0.2) is 18.2 Å². The van der Waals surface area contributed by atoms with E-state index in [1.807, 2.05) is 18.2 Å². The van der Waals surface area contributed by atoms with E-state index < -0.39 is 0 Å². The lowest BCUT2D eigenvalue weighted by molar-refractivity contribution is -0.118. The Bertz CT molecular complexity index is 569. The van der Waals surface area contributed by atoms with Crippen LogP contribution in [0.5, 0.6) is 5.75 Å². The van der Waals surface area contributed by atoms with Gasteiger partial charge in [-0.1, -0.05) is 12.1 Å². The van der Waals surface area contributed by atoms with Crippen molar-refractivity contribution in [3.8, 4) is 5.75 Å². The molecule has 1 heterocycles. The predicted molar refractivity (Wildman–Crippen MR) is 61.9 cm³/mol. The summed E-state index contributed by atoms with van der Waals surface area (Å²) in [6.45, 7) is 0. The number of fused-ring (bicyclic) bond motifs is 3. The second kappa shape index (κ2) is 3.37. The number of ketones is 1. The van der Waals surface area contributed by atoms with Crippen molar-refractivity contribution in [1.29, 1.82) is 0 Å². The van der Waals surface area contributed by atoms with Crippen LogP contribution in [0.4, 0.5) is 0 Å². The Hall–Kier alpha value is -1.77. The summed E-state index contributed by atoms with van der Waals surface area (Å²) in [7, 11) is 1.67. The highest BCUT2D eigenvalue weighted by atomic mass is 16.5. The van der Waals surface area contributed by atoms with Gasteiger partial charge in [0.05, 0.1) is 12.6 Å². The number of Topliss-reactive ketones (excluding diaryl/α,β-unsaturated/α-hetero) is 1. The summed E-state index contributed by atoms with van der Waals surface area (Å²) in [5, 5.41) is 1.13. The number of para-hydroxylation sites is 1. The highest BCUT2D eigenvalue weighted by molar-refractivity contribution is 5.95. The third-order valence-corrected chi connectivity index (χ3v) is 3.24. The monoisotopic (exact) mass is 215 g/mol. The van der Waals surface area contributed by atoms with Crippen molar-refractivity contribution in [2.75, 3.05) is 7.11 Å². The zero-order valence-electron chi connectivity index (χ0n) is 9.17. The lowest BCUT2D eigenvalue weighted by Crippen LogP contribution is -2.11. The largest absolute Gasteiger partial charge is 0.495 e. The number of methoxy groups -OCH3 is 1. The van der Waals surface area contributed by atoms with E-state index in [0.717, 1.165) is 28.6 Å². The van der Waals surface area contributed by atoms with Gasteiger partial charge in [0.1, 0.15) is 11.5 Å². The lowest BCUT2D eigenvalue weighted by Gasteiger charge is -2.09. The molecule has 1 aromatic heterocycles. The first-order chi connectivity index (χ1) is 7.79. The molecule has 82 valence electrons. The van der Waals surface area contributed by atoms with Gasteiger partial charge in [0.2, 0.25) is 0 Å². The van der Waals surface area contributed by atoms with E-state index in [4.69, 9.17) is 4.74 Å². The quantitative estimate of drug-likeness (QED) is 0.792. The molecule has 1 aliphatic carbocycles. The van der Waals surface area contributed by atoms with Crippen LogP contribution in [-0.4, -0.2) is 17.9 Å². The molecular formula is C13H13NO2. The molecular weight excluding hydrogens is 202 g/mol. The van der Waals surface area contributed by atoms with Crippen LogP contribution in [0, 0.1) is 0 Å². The number of hydrogen-bond donors (Lipinski definition) is 1. The molecule has 0 unspecified atom stereocenters. The SMILES string of the molecule is COc1cccc2c3c([nH]c12)CCC(=O)C3. The summed E-state index contributed by atoms with van der Waals surface area (Å²) in [6.07, 6.45) is 2.04. The number of hydrogen-bond acceptors (Lipinski definition) is 2. The summed E-state index contributed by atoms with van der Waals surface area (Å²) in [5.41, 5.74) is 3.37. The molecule has 0 radical (unpaired) electrons. The molecule has 0 bridgehead atoms. The van der Waals surface area contributed by atoms with Crippen LogP contribution in [0.2, 0.25) is 0 Å². The first-order valence-corrected chi connectivity index (χ1v) is 5.47. The van der Waals surface area contributed by atoms with Crippen molar-refractivity contribution in [1.82, 2.24) is 4.98 Å². The summed E-state index contributed by atoms with van der Waals surface area (Å²) in [4.78, 5) is 14.9. The van der Waals surface area contributed by atoms with Crippen molar-refractivity contribution < 1.29 is 9.53 Å². The second-order valence-corrected chi connectivity index (χ2v) is 4.18. The number of ether oxygens (including phenoxy) is 1. The molecule has 1 aliphatic rings. The highest BCUT2D eigenvalue weighted by Crippen LogP contribution is 2.32. The number of H-pyrrole nitrogens is 1. The van der Waals surface area contributed by atoms with Gasteiger partial charge in [-0.25, -0.2) is 0 Å². The Morgan fingerprint density at radius 3 is 3.00 bits per heavy atom. The maximum Gasteiger partial charge on any atom is 0.142 e. The van der Waals surface area contributed by atoms with Gasteiger partial charge in [-0.2, -0.15) is 0 Å². The number of aromatic nitrogens is 1. The second-order valence-electron chi connectivity index (χ2n) is 4.18. The van der Waals surface area contributed by atoms with Crippen molar-refractivity contribution in [3.05, 3.63) is 29.5 Å². The predicted octanol–water partition coefficient (Wildman–Crippen LogP) is 2.23. The molecule has 3 rings (SSSR count). The topological polar surface area (TPSA) is 42.1 Å². The first kappa shape index (κ1) is 9.46. The molecule has 0 spiro atoms. The fraction of sp³-hybridized carbons (Fsp3) is 0.308. The molecule has 3 heteroatoms. The van der Waals surface area contributed by atoms with Gasteiger partial charge in [-0.15, -0.1) is 0 Å². The summed E-state index contributed by atoms with van der Waals surface area (Å²) in [5.74, 6) is 1.18. The van der Waals surface area contributed by atoms with Crippen molar-refractivity contribution in [3.63, 3.8) is 0 Å². The first-order valence-electron chi connectivity index (χ1n) is 5.47. The van der Waals surface area contributed by atoms with Gasteiger partial charge >= 0.3 is 0 Å². The molecule has 0 saturated heterocycles. The maximum atomic E-state index is 11.5. The Morgan fingerprint density at radius 2 is 2.19 bits per heavy atom. The van der Waals surface area contributed by atoms with Crippen LogP contribution in [0.1, 0.15) is 17.7 Å². The molecule has 1 aromatic carbocycles. The number of carbonyl (C=O) groups excluding carboxylic acids is 1. The van der Waals surface area contributed by atoms with Gasteiger partial charge < -0.3 is 9.72 Å². The molecule has 3 nitrogen and oxygen atoms in total. The van der Waals surface area contributed by atoms with Gasteiger partial charge in [-0.05, 0) is 18.1 Å². The minimum Gasteiger partial charge on any atom is -0.495 e. The fourth-order valence-electron chi connectivity index (χ4n) is 2.44. The van der Waals surface area contributed by atoms with Crippen LogP contribution < -0.4 is 4.74 Å². The van der Waals surface area contributed by atoms with Crippen LogP contribution >= 0.6 is 0 Å². The molecule has 16 heavy (non-hydrogen) atoms. The zero-order valence-corrected chi connectivity index (χ0v) is 9.17. The number of aromatic amines is 1. The molecule has 0 atom stereocenters. The standard InChI is InChI=1S/C13H13NO2/c1-16-12-4-2-3-9-10-7-8(15)5-6-11(10)14-13(9)12/h2-4,14H,5-7H2,1H3. The van der Waals surface area contributed by atoms with Gasteiger partial charge in [0, 0.05) is 23.9 Å². The number of aryl methyl sites for hydroxylation is 1. The minimum atomic E-state index is 0.330. The molecule has 0 amide bonds. The summed E-state index contributed by atoms with van der Waals surface area (Å²) >= 11 is 0. The zero-order chi connectivity index (χ0) is 11.1. The Balaban J connectivity index is 2.29. The smallest absolute Gasteiger partial charge is 0.142 e. The van der Waals surface area contributed by atoms with Gasteiger partial charge in [0.25, 0.3) is 0 Å². The van der Waals surface area contributed by atoms with E-state index in [1.54, 1.807) is 7.11 Å². The summed E-state index contributed by atoms with van der Waals surface area (Å²) in [6, 6.07) is 5.95. The Labute approximate surface area is 93.4 Å². The van der Waals surface area contributed by atoms with E-state index in [0.29, 0.717) is 18.6 Å². The molecule has 1 N–H and O–H groups in total. The Morgan fingerprint density at radius 1 is 1.31 bits per heavy atom. The summed E-state index contributed by atoms with van der Waals surface area (Å²) < 4.78 is 5.32. The Kier molecular flexibility index (Phi) is 1.99. The van der Waals surface area contributed by atoms with Crippen LogP contribution in [0.25, 0.3) is 10.9 Å². The van der Waals surface area contributed by atoms with Crippen LogP contribution in [-0.2, 0) is 17.6 Å². The normalized spacial score (nSPS) is 15.2. The third-order valence-electron chi connectivity index (χ3n) is 3.24. The average Bonchev–Trinajstić information content (AvgIpc) is 2.67. The molecule has 0 saturated carbocycles. The molecule has 2 aromatic rings. The van der Waals surface area contributed by atoms with E-state index in [1.165, 1.54) is 5.69 Å². The number of nitrogens with one attached hydrogen (secondary N) is 1. The number of rotatable bonds is 1. The van der Waals surface area contributed by atoms with E-state index >= 15 is 0 Å². The molecule has 0 aliphatic heterocycles. The number of carbonyl (C=O) groups is 1. The maximum absolute atomic E-state index is 11.5. The van der Waals surface area contributed by atoms with Gasteiger partial charge in [-0.3, -0.25) is 4.79 Å². The molecule has 0 fully saturated rings.